The second-order valence-electron chi connectivity index (χ2n) is 29.7. The van der Waals surface area contributed by atoms with E-state index in [1.807, 2.05) is 28.4 Å². The highest BCUT2D eigenvalue weighted by Crippen LogP contribution is 2.51. The van der Waals surface area contributed by atoms with Crippen molar-refractivity contribution in [2.75, 3.05) is 28.4 Å². The lowest BCUT2D eigenvalue weighted by Gasteiger charge is -2.36. The molecule has 0 aliphatic rings. The Bertz CT molecular complexity index is 2580. The van der Waals surface area contributed by atoms with E-state index in [0.29, 0.717) is 0 Å². The summed E-state index contributed by atoms with van der Waals surface area (Å²) in [7, 11) is 4.76. The van der Waals surface area contributed by atoms with Gasteiger partial charge in [-0.25, -0.2) is 0 Å². The zero-order valence-corrected chi connectivity index (χ0v) is 54.4. The molecule has 0 saturated carbocycles. The average molecular weight is 1070 g/mol. The van der Waals surface area contributed by atoms with E-state index in [1.54, 1.807) is 0 Å². The van der Waals surface area contributed by atoms with Crippen LogP contribution in [0.1, 0.15) is 211 Å². The molecular weight excluding hydrogens is 967 g/mol. The summed E-state index contributed by atoms with van der Waals surface area (Å²) in [5.74, 6) is 3.91. The van der Waals surface area contributed by atoms with Crippen LogP contribution in [-0.4, -0.2) is 28.4 Å². The maximum Gasteiger partial charge on any atom is 0.126 e. The number of rotatable bonds is 10. The summed E-state index contributed by atoms with van der Waals surface area (Å²) in [5.41, 5.74) is 7.96. The molecule has 0 aliphatic heterocycles. The Kier molecular flexibility index (Phi) is 16.8. The minimum Gasteiger partial charge on any atom is -0.496 e. The molecule has 4 nitrogen and oxygen atoms in total. The number of methoxy groups -OCH3 is 4. The largest absolute Gasteiger partial charge is 0.496 e. The molecule has 0 radical (unpaired) electrons. The van der Waals surface area contributed by atoms with Crippen LogP contribution in [-0.2, 0) is 43.3 Å². The van der Waals surface area contributed by atoms with Crippen LogP contribution in [0.15, 0.2) is 84.9 Å². The second-order valence-corrected chi connectivity index (χ2v) is 34.0. The number of benzene rings is 6. The lowest BCUT2D eigenvalue weighted by atomic mass is 9.79. The Morgan fingerprint density at radius 2 is 0.408 bits per heavy atom. The van der Waals surface area contributed by atoms with Crippen LogP contribution in [0.5, 0.6) is 23.0 Å². The van der Waals surface area contributed by atoms with Crippen molar-refractivity contribution in [3.05, 3.63) is 129 Å². The first-order chi connectivity index (χ1) is 34.6. The average Bonchev–Trinajstić information content (AvgIpc) is 3.28. The van der Waals surface area contributed by atoms with Crippen LogP contribution in [0.2, 0.25) is 0 Å². The molecule has 0 bridgehead atoms. The van der Waals surface area contributed by atoms with Crippen molar-refractivity contribution < 1.29 is 18.9 Å². The molecule has 0 heterocycles. The van der Waals surface area contributed by atoms with Gasteiger partial charge in [-0.15, -0.1) is 0 Å². The van der Waals surface area contributed by atoms with E-state index >= 15 is 0 Å². The van der Waals surface area contributed by atoms with E-state index in [0.717, 1.165) is 23.0 Å². The molecule has 0 unspecified atom stereocenters. The summed E-state index contributed by atoms with van der Waals surface area (Å²) in [5, 5.41) is 10.4. The number of hydrogen-bond acceptors (Lipinski definition) is 4. The van der Waals surface area contributed by atoms with Crippen LogP contribution in [0.25, 0.3) is 10.8 Å². The van der Waals surface area contributed by atoms with Gasteiger partial charge in [0, 0.05) is 44.5 Å². The predicted molar refractivity (Wildman–Crippen MR) is 337 cm³/mol. The third kappa shape index (κ3) is 12.4. The topological polar surface area (TPSA) is 36.9 Å². The van der Waals surface area contributed by atoms with Gasteiger partial charge in [-0.2, -0.15) is 0 Å². The minimum atomic E-state index is -1.33. The molecule has 0 N–H and O–H groups in total. The molecule has 6 aromatic carbocycles. The van der Waals surface area contributed by atoms with Crippen LogP contribution in [0.3, 0.4) is 0 Å². The molecule has 0 amide bonds. The molecule has 6 rings (SSSR count). The molecule has 76 heavy (non-hydrogen) atoms. The predicted octanol–water partition coefficient (Wildman–Crippen LogP) is 16.8. The lowest BCUT2D eigenvalue weighted by Crippen LogP contribution is -2.37. The Morgan fingerprint density at radius 1 is 0.250 bits per heavy atom. The van der Waals surface area contributed by atoms with Gasteiger partial charge in [0.2, 0.25) is 0 Å². The fourth-order valence-electron chi connectivity index (χ4n) is 10.7. The Hall–Kier alpha value is -4.36. The smallest absolute Gasteiger partial charge is 0.126 e. The van der Waals surface area contributed by atoms with E-state index in [1.165, 1.54) is 87.1 Å². The molecule has 6 aromatic rings. The number of hydrogen-bond donors (Lipinski definition) is 0. The fourth-order valence-corrected chi connectivity index (χ4v) is 16.2. The van der Waals surface area contributed by atoms with Gasteiger partial charge in [0.25, 0.3) is 0 Å². The van der Waals surface area contributed by atoms with E-state index in [4.69, 9.17) is 18.9 Å². The van der Waals surface area contributed by atoms with Gasteiger partial charge in [0.15, 0.2) is 0 Å². The Morgan fingerprint density at radius 3 is 0.539 bits per heavy atom. The molecule has 6 heteroatoms. The first kappa shape index (κ1) is 60.9. The Labute approximate surface area is 465 Å². The van der Waals surface area contributed by atoms with Crippen LogP contribution in [0.4, 0.5) is 0 Å². The van der Waals surface area contributed by atoms with Crippen molar-refractivity contribution in [1.29, 1.82) is 0 Å². The molecule has 0 atom stereocenters. The quantitative estimate of drug-likeness (QED) is 0.128. The minimum absolute atomic E-state index is 0.222. The van der Waals surface area contributed by atoms with Gasteiger partial charge >= 0.3 is 0 Å². The van der Waals surface area contributed by atoms with Crippen molar-refractivity contribution >= 4 is 58.4 Å². The van der Waals surface area contributed by atoms with Crippen LogP contribution in [0, 0.1) is 0 Å². The summed E-state index contributed by atoms with van der Waals surface area (Å²) in [6.45, 7) is 56.0. The SMILES string of the molecule is COc1c(C(C)(C)C)cc(P(c2cc(C(C)(C)C)c(OC)c(C(C)(C)C)c2)c2cc3ccccc3cc2P(c2cc(C(C)(C)C)c(OC)c(C(C)(C)C)c2)c2cc(C(C)(C)C)c(OC)c(C(C)(C)C)c2)cc1C(C)(C)C. The highest BCUT2D eigenvalue weighted by Gasteiger charge is 2.38. The maximum absolute atomic E-state index is 6.53. The monoisotopic (exact) mass is 1060 g/mol. The van der Waals surface area contributed by atoms with Crippen molar-refractivity contribution in [3.63, 3.8) is 0 Å². The number of fused-ring (bicyclic) bond motifs is 1. The van der Waals surface area contributed by atoms with Gasteiger partial charge in [0.05, 0.1) is 28.4 Å². The highest BCUT2D eigenvalue weighted by molar-refractivity contribution is 7.85. The van der Waals surface area contributed by atoms with Crippen molar-refractivity contribution in [2.24, 2.45) is 0 Å². The molecule has 0 aliphatic carbocycles. The van der Waals surface area contributed by atoms with Gasteiger partial charge in [-0.3, -0.25) is 0 Å². The summed E-state index contributed by atoms with van der Waals surface area (Å²) >= 11 is 0. The second kappa shape index (κ2) is 21.0. The maximum atomic E-state index is 6.53. The zero-order valence-electron chi connectivity index (χ0n) is 52.6. The van der Waals surface area contributed by atoms with Gasteiger partial charge in [0.1, 0.15) is 23.0 Å². The van der Waals surface area contributed by atoms with Gasteiger partial charge in [-0.1, -0.05) is 190 Å². The zero-order chi connectivity index (χ0) is 57.4. The molecule has 0 fully saturated rings. The number of ether oxygens (including phenoxy) is 4. The first-order valence-corrected chi connectivity index (χ1v) is 30.3. The molecule has 0 saturated heterocycles. The third-order valence-electron chi connectivity index (χ3n) is 14.9. The van der Waals surface area contributed by atoms with E-state index < -0.39 is 15.8 Å². The molecule has 0 aromatic heterocycles. The molecular formula is C70H98O4P2. The van der Waals surface area contributed by atoms with Crippen LogP contribution >= 0.6 is 15.8 Å². The van der Waals surface area contributed by atoms with E-state index in [9.17, 15) is 0 Å². The standard InChI is InChI=1S/C70H98O4P2/c1-63(2,3)49-35-45(36-50(59(49)71-25)64(4,5)6)75(46-37-51(65(7,8)9)60(72-26)52(38-46)66(10,11)12)57-33-43-31-29-30-32-44(43)34-58(57)76(47-39-53(67(13,14)15)61(73-27)54(40-47)68(16,17)18)48-41-55(69(19,20)21)62(74-28)56(42-48)70(22,23)24/h29-42H,1-28H3. The summed E-state index contributed by atoms with van der Waals surface area (Å²) in [6.07, 6.45) is 0. The molecule has 0 spiro atoms. The van der Waals surface area contributed by atoms with Crippen molar-refractivity contribution in [2.45, 2.75) is 209 Å². The van der Waals surface area contributed by atoms with Crippen molar-refractivity contribution in [3.8, 4) is 23.0 Å². The van der Waals surface area contributed by atoms with E-state index in [-0.39, 0.29) is 43.3 Å². The first-order valence-electron chi connectivity index (χ1n) is 27.6. The normalized spacial score (nSPS) is 13.5. The Balaban J connectivity index is 2.04. The van der Waals surface area contributed by atoms with Crippen molar-refractivity contribution in [1.82, 2.24) is 0 Å². The van der Waals surface area contributed by atoms with Crippen LogP contribution < -0.4 is 50.8 Å². The summed E-state index contributed by atoms with van der Waals surface area (Å²) in [4.78, 5) is 0. The third-order valence-corrected chi connectivity index (χ3v) is 19.9. The fraction of sp³-hybridized carbons (Fsp3) is 0.514. The van der Waals surface area contributed by atoms with Gasteiger partial charge < -0.3 is 18.9 Å². The van der Waals surface area contributed by atoms with Gasteiger partial charge in [-0.05, 0) is 162 Å². The van der Waals surface area contributed by atoms with E-state index in [2.05, 4.69) is 251 Å². The highest BCUT2D eigenvalue weighted by atomic mass is 31.1. The lowest BCUT2D eigenvalue weighted by molar-refractivity contribution is 0.381. The summed E-state index contributed by atoms with van der Waals surface area (Å²) < 4.78 is 26.1. The molecule has 412 valence electrons. The summed E-state index contributed by atoms with van der Waals surface area (Å²) in [6, 6.07) is 34.3.